The summed E-state index contributed by atoms with van der Waals surface area (Å²) in [7, 11) is 0. The summed E-state index contributed by atoms with van der Waals surface area (Å²) in [6.07, 6.45) is 2.01. The molecule has 2 aromatic heterocycles. The molecule has 6 aromatic rings. The van der Waals surface area contributed by atoms with Crippen LogP contribution in [0.3, 0.4) is 0 Å². The number of hydrogen-bond acceptors (Lipinski definition) is 4. The Hall–Kier alpha value is -4.91. The van der Waals surface area contributed by atoms with E-state index in [0.717, 1.165) is 38.5 Å². The normalized spacial score (nSPS) is 11.2. The summed E-state index contributed by atoms with van der Waals surface area (Å²) >= 11 is 0. The molecule has 170 valence electrons. The average Bonchev–Trinajstić information content (AvgIpc) is 3.50. The second-order valence-electron chi connectivity index (χ2n) is 8.34. The molecule has 1 amide bonds. The van der Waals surface area contributed by atoms with Gasteiger partial charge in [-0.25, -0.2) is 4.79 Å². The van der Waals surface area contributed by atoms with Crippen molar-refractivity contribution >= 4 is 33.3 Å². The number of benzene rings is 4. The Kier molecular flexibility index (Phi) is 5.00. The predicted molar refractivity (Wildman–Crippen MR) is 136 cm³/mol. The maximum atomic E-state index is 12.9. The molecule has 0 saturated heterocycles. The summed E-state index contributed by atoms with van der Waals surface area (Å²) in [6, 6.07) is 29.4. The number of hydrogen-bond donors (Lipinski definition) is 2. The van der Waals surface area contributed by atoms with Gasteiger partial charge < -0.3 is 9.88 Å². The Morgan fingerprint density at radius 3 is 2.57 bits per heavy atom. The molecule has 0 spiro atoms. The van der Waals surface area contributed by atoms with E-state index in [1.165, 1.54) is 0 Å². The number of carbonyl (C=O) groups is 1. The van der Waals surface area contributed by atoms with Crippen LogP contribution in [0, 0.1) is 0 Å². The molecule has 0 bridgehead atoms. The van der Waals surface area contributed by atoms with Gasteiger partial charge in [0.25, 0.3) is 5.91 Å². The van der Waals surface area contributed by atoms with E-state index in [0.29, 0.717) is 17.9 Å². The molecule has 0 fully saturated rings. The maximum Gasteiger partial charge on any atom is 0.439 e. The van der Waals surface area contributed by atoms with Crippen molar-refractivity contribution in [2.24, 2.45) is 0 Å². The predicted octanol–water partition coefficient (Wildman–Crippen LogP) is 5.44. The molecule has 4 aromatic carbocycles. The lowest BCUT2D eigenvalue weighted by molar-refractivity contribution is 0.102. The van der Waals surface area contributed by atoms with Crippen LogP contribution in [0.1, 0.15) is 15.9 Å². The van der Waals surface area contributed by atoms with E-state index in [9.17, 15) is 9.59 Å². The highest BCUT2D eigenvalue weighted by Crippen LogP contribution is 2.25. The second kappa shape index (κ2) is 8.46. The van der Waals surface area contributed by atoms with Crippen molar-refractivity contribution < 1.29 is 9.32 Å². The number of rotatable bonds is 5. The molecule has 35 heavy (non-hydrogen) atoms. The molecular weight excluding hydrogens is 440 g/mol. The molecule has 0 atom stereocenters. The molecule has 0 unspecified atom stereocenters. The number of nitrogens with zero attached hydrogens (tertiary/aromatic N) is 2. The van der Waals surface area contributed by atoms with E-state index >= 15 is 0 Å². The number of H-pyrrole nitrogens is 1. The number of amides is 1. The summed E-state index contributed by atoms with van der Waals surface area (Å²) in [6.45, 7) is 0.662. The van der Waals surface area contributed by atoms with E-state index in [1.807, 2.05) is 97.2 Å². The van der Waals surface area contributed by atoms with Crippen molar-refractivity contribution in [1.82, 2.24) is 14.7 Å². The zero-order chi connectivity index (χ0) is 23.8. The lowest BCUT2D eigenvalue weighted by Crippen LogP contribution is -2.12. The summed E-state index contributed by atoms with van der Waals surface area (Å²) in [5.74, 6) is -0.313. The fraction of sp³-hybridized carbons (Fsp3) is 0.0357. The molecule has 0 saturated carbocycles. The lowest BCUT2D eigenvalue weighted by Gasteiger charge is -2.10. The van der Waals surface area contributed by atoms with Crippen LogP contribution in [0.5, 0.6) is 0 Å². The van der Waals surface area contributed by atoms with Crippen LogP contribution in [0.4, 0.5) is 5.69 Å². The van der Waals surface area contributed by atoms with Gasteiger partial charge in [-0.3, -0.25) is 14.3 Å². The van der Waals surface area contributed by atoms with E-state index in [2.05, 4.69) is 24.5 Å². The van der Waals surface area contributed by atoms with Crippen molar-refractivity contribution in [2.75, 3.05) is 5.32 Å². The zero-order valence-electron chi connectivity index (χ0n) is 18.6. The molecular formula is C28H20N4O3. The van der Waals surface area contributed by atoms with Crippen LogP contribution < -0.4 is 11.1 Å². The minimum Gasteiger partial charge on any atom is -0.343 e. The molecule has 0 aliphatic rings. The number of nitrogens with one attached hydrogen (secondary N) is 2. The van der Waals surface area contributed by atoms with Gasteiger partial charge in [0, 0.05) is 45.8 Å². The van der Waals surface area contributed by atoms with E-state index in [1.54, 1.807) is 0 Å². The third kappa shape index (κ3) is 4.00. The van der Waals surface area contributed by atoms with Crippen LogP contribution in [0.15, 0.2) is 107 Å². The van der Waals surface area contributed by atoms with Gasteiger partial charge in [-0.2, -0.15) is 0 Å². The molecule has 0 aliphatic carbocycles. The number of carbonyl (C=O) groups excluding carboxylic acids is 1. The summed E-state index contributed by atoms with van der Waals surface area (Å²) in [5, 5.41) is 9.90. The molecule has 0 aliphatic heterocycles. The minimum atomic E-state index is -0.577. The first kappa shape index (κ1) is 20.7. The van der Waals surface area contributed by atoms with Gasteiger partial charge >= 0.3 is 5.76 Å². The Labute approximate surface area is 199 Å². The molecule has 7 heteroatoms. The van der Waals surface area contributed by atoms with E-state index in [-0.39, 0.29) is 5.91 Å². The van der Waals surface area contributed by atoms with Crippen molar-refractivity contribution in [3.63, 3.8) is 0 Å². The van der Waals surface area contributed by atoms with Crippen LogP contribution in [-0.4, -0.2) is 20.6 Å². The van der Waals surface area contributed by atoms with Crippen LogP contribution in [0.25, 0.3) is 33.1 Å². The SMILES string of the molecule is O=C(Nc1cccc2ccccc12)c1ccc(Cn2ccc3cc(-c4noc(=O)[nH]4)ccc32)cc1. The number of aromatic nitrogens is 3. The van der Waals surface area contributed by atoms with Gasteiger partial charge in [0.2, 0.25) is 0 Å². The first-order chi connectivity index (χ1) is 17.1. The Balaban J connectivity index is 1.19. The van der Waals surface area contributed by atoms with E-state index < -0.39 is 5.76 Å². The molecule has 6 rings (SSSR count). The van der Waals surface area contributed by atoms with Crippen molar-refractivity contribution in [3.05, 3.63) is 119 Å². The van der Waals surface area contributed by atoms with Crippen LogP contribution in [-0.2, 0) is 6.54 Å². The molecule has 2 heterocycles. The van der Waals surface area contributed by atoms with Crippen molar-refractivity contribution in [3.8, 4) is 11.4 Å². The highest BCUT2D eigenvalue weighted by atomic mass is 16.5. The van der Waals surface area contributed by atoms with Gasteiger partial charge in [0.15, 0.2) is 5.82 Å². The quantitative estimate of drug-likeness (QED) is 0.358. The number of anilines is 1. The van der Waals surface area contributed by atoms with Gasteiger partial charge in [-0.05, 0) is 53.4 Å². The summed E-state index contributed by atoms with van der Waals surface area (Å²) in [5.41, 5.74) is 4.31. The average molecular weight is 460 g/mol. The van der Waals surface area contributed by atoms with E-state index in [4.69, 9.17) is 0 Å². The molecule has 0 radical (unpaired) electrons. The van der Waals surface area contributed by atoms with Gasteiger partial charge in [-0.15, -0.1) is 0 Å². The maximum absolute atomic E-state index is 12.9. The lowest BCUT2D eigenvalue weighted by atomic mass is 10.1. The van der Waals surface area contributed by atoms with Gasteiger partial charge in [-0.1, -0.05) is 53.7 Å². The van der Waals surface area contributed by atoms with Gasteiger partial charge in [0.05, 0.1) is 0 Å². The Bertz CT molecular complexity index is 1740. The minimum absolute atomic E-state index is 0.141. The van der Waals surface area contributed by atoms with Crippen molar-refractivity contribution in [2.45, 2.75) is 6.54 Å². The van der Waals surface area contributed by atoms with Crippen LogP contribution >= 0.6 is 0 Å². The first-order valence-corrected chi connectivity index (χ1v) is 11.2. The third-order valence-electron chi connectivity index (χ3n) is 6.09. The number of aromatic amines is 1. The second-order valence-corrected chi connectivity index (χ2v) is 8.34. The van der Waals surface area contributed by atoms with Gasteiger partial charge in [0.1, 0.15) is 0 Å². The highest BCUT2D eigenvalue weighted by molar-refractivity contribution is 6.09. The standard InChI is InChI=1S/C28H20N4O3/c33-27(29-24-7-3-5-19-4-1-2-6-23(19)24)20-10-8-18(9-11-20)17-32-15-14-21-16-22(12-13-25(21)32)26-30-28(34)35-31-26/h1-16H,17H2,(H,29,33)(H,30,31,34). The highest BCUT2D eigenvalue weighted by Gasteiger charge is 2.10. The smallest absolute Gasteiger partial charge is 0.343 e. The number of fused-ring (bicyclic) bond motifs is 2. The topological polar surface area (TPSA) is 92.9 Å². The fourth-order valence-corrected chi connectivity index (χ4v) is 4.33. The zero-order valence-corrected chi connectivity index (χ0v) is 18.6. The first-order valence-electron chi connectivity index (χ1n) is 11.2. The Morgan fingerprint density at radius 1 is 0.914 bits per heavy atom. The summed E-state index contributed by atoms with van der Waals surface area (Å²) in [4.78, 5) is 26.7. The van der Waals surface area contributed by atoms with Crippen LogP contribution in [0.2, 0.25) is 0 Å². The largest absolute Gasteiger partial charge is 0.439 e. The fourth-order valence-electron chi connectivity index (χ4n) is 4.33. The Morgan fingerprint density at radius 2 is 1.74 bits per heavy atom. The molecule has 7 nitrogen and oxygen atoms in total. The monoisotopic (exact) mass is 460 g/mol. The summed E-state index contributed by atoms with van der Waals surface area (Å²) < 4.78 is 6.73. The molecule has 2 N–H and O–H groups in total. The van der Waals surface area contributed by atoms with Crippen molar-refractivity contribution in [1.29, 1.82) is 0 Å². The third-order valence-corrected chi connectivity index (χ3v) is 6.09.